The molecule has 1 aliphatic rings. The van der Waals surface area contributed by atoms with E-state index in [0.29, 0.717) is 0 Å². The number of aliphatic hydroxyl groups is 1. The van der Waals surface area contributed by atoms with Crippen LogP contribution in [0, 0.1) is 0 Å². The zero-order valence-corrected chi connectivity index (χ0v) is 6.85. The molecule has 0 amide bonds. The number of rotatable bonds is 1. The van der Waals surface area contributed by atoms with Crippen LogP contribution in [0.5, 0.6) is 0 Å². The highest BCUT2D eigenvalue weighted by molar-refractivity contribution is 6.44. The van der Waals surface area contributed by atoms with E-state index in [1.807, 2.05) is 0 Å². The molecule has 2 unspecified atom stereocenters. The number of carbonyl (C=O) groups excluding carboxylic acids is 3. The largest absolute Gasteiger partial charge is 0.467 e. The maximum atomic E-state index is 11.0. The van der Waals surface area contributed by atoms with Crippen LogP contribution in [0.2, 0.25) is 0 Å². The summed E-state index contributed by atoms with van der Waals surface area (Å²) in [6.45, 7) is -0.357. The van der Waals surface area contributed by atoms with E-state index in [9.17, 15) is 14.4 Å². The fourth-order valence-electron chi connectivity index (χ4n) is 0.914. The number of Topliss-reactive ketones (excluding diaryl/α,β-unsaturated/α-hetero) is 2. The molecule has 1 fully saturated rings. The molecule has 1 rings (SSSR count). The van der Waals surface area contributed by atoms with Gasteiger partial charge in [-0.15, -0.1) is 0 Å². The summed E-state index contributed by atoms with van der Waals surface area (Å²) in [6, 6.07) is 0. The number of aliphatic hydroxyl groups excluding tert-OH is 1. The first-order chi connectivity index (χ1) is 6.07. The van der Waals surface area contributed by atoms with Crippen LogP contribution in [-0.2, 0) is 23.9 Å². The van der Waals surface area contributed by atoms with E-state index < -0.39 is 29.7 Å². The highest BCUT2D eigenvalue weighted by Crippen LogP contribution is 2.08. The molecule has 1 N–H and O–H groups in total. The molecule has 0 spiro atoms. The third-order valence-corrected chi connectivity index (χ3v) is 1.62. The monoisotopic (exact) mass is 188 g/mol. The van der Waals surface area contributed by atoms with Gasteiger partial charge in [0.1, 0.15) is 6.10 Å². The Labute approximate surface area is 73.4 Å². The van der Waals surface area contributed by atoms with Crippen LogP contribution in [0.25, 0.3) is 0 Å². The molecule has 0 bridgehead atoms. The molecule has 1 saturated heterocycles. The van der Waals surface area contributed by atoms with Crippen LogP contribution in [0.3, 0.4) is 0 Å². The second-order valence-corrected chi connectivity index (χ2v) is 2.48. The molecule has 6 nitrogen and oxygen atoms in total. The van der Waals surface area contributed by atoms with Gasteiger partial charge in [0, 0.05) is 0 Å². The smallest absolute Gasteiger partial charge is 0.343 e. The average molecular weight is 188 g/mol. The number of ketones is 2. The first-order valence-electron chi connectivity index (χ1n) is 3.53. The minimum absolute atomic E-state index is 0.357. The number of carbonyl (C=O) groups is 3. The van der Waals surface area contributed by atoms with Crippen LogP contribution in [0.15, 0.2) is 0 Å². The topological polar surface area (TPSA) is 89.9 Å². The van der Waals surface area contributed by atoms with Crippen molar-refractivity contribution in [1.82, 2.24) is 0 Å². The lowest BCUT2D eigenvalue weighted by atomic mass is 10.0. The lowest BCUT2D eigenvalue weighted by Gasteiger charge is -2.21. The summed E-state index contributed by atoms with van der Waals surface area (Å²) in [5.74, 6) is -3.00. The standard InChI is InChI=1S/C7H8O6/c1-12-7(11)6-5(10)4(9)3(8)2-13-6/h3,6,8H,2H2,1H3. The minimum atomic E-state index is -1.51. The summed E-state index contributed by atoms with van der Waals surface area (Å²) in [4.78, 5) is 32.7. The lowest BCUT2D eigenvalue weighted by Crippen LogP contribution is -2.50. The van der Waals surface area contributed by atoms with Crippen molar-refractivity contribution in [2.75, 3.05) is 13.7 Å². The second kappa shape index (κ2) is 3.63. The van der Waals surface area contributed by atoms with E-state index in [1.54, 1.807) is 0 Å². The van der Waals surface area contributed by atoms with Gasteiger partial charge in [-0.25, -0.2) is 4.79 Å². The van der Waals surface area contributed by atoms with E-state index in [1.165, 1.54) is 0 Å². The van der Waals surface area contributed by atoms with Gasteiger partial charge in [-0.3, -0.25) is 9.59 Å². The van der Waals surface area contributed by atoms with Crippen LogP contribution < -0.4 is 0 Å². The molecule has 6 heteroatoms. The Morgan fingerprint density at radius 2 is 2.15 bits per heavy atom. The Morgan fingerprint density at radius 3 is 2.69 bits per heavy atom. The first kappa shape index (κ1) is 9.82. The second-order valence-electron chi connectivity index (χ2n) is 2.48. The third kappa shape index (κ3) is 1.73. The molecule has 1 heterocycles. The highest BCUT2D eigenvalue weighted by atomic mass is 16.6. The van der Waals surface area contributed by atoms with Crippen LogP contribution in [0.1, 0.15) is 0 Å². The van der Waals surface area contributed by atoms with Crippen molar-refractivity contribution < 1.29 is 29.0 Å². The molecule has 13 heavy (non-hydrogen) atoms. The van der Waals surface area contributed by atoms with E-state index in [0.717, 1.165) is 7.11 Å². The molecule has 0 aromatic carbocycles. The van der Waals surface area contributed by atoms with Gasteiger partial charge in [-0.05, 0) is 0 Å². The van der Waals surface area contributed by atoms with Gasteiger partial charge in [0.25, 0.3) is 0 Å². The van der Waals surface area contributed by atoms with E-state index in [-0.39, 0.29) is 6.61 Å². The minimum Gasteiger partial charge on any atom is -0.467 e. The molecule has 0 aromatic heterocycles. The lowest BCUT2D eigenvalue weighted by molar-refractivity contribution is -0.172. The fraction of sp³-hybridized carbons (Fsp3) is 0.571. The van der Waals surface area contributed by atoms with Gasteiger partial charge < -0.3 is 14.6 Å². The summed E-state index contributed by atoms with van der Waals surface area (Å²) in [6.07, 6.45) is -2.98. The van der Waals surface area contributed by atoms with Crippen molar-refractivity contribution in [3.63, 3.8) is 0 Å². The zero-order valence-electron chi connectivity index (χ0n) is 6.85. The Hall–Kier alpha value is -1.27. The first-order valence-corrected chi connectivity index (χ1v) is 3.53. The number of methoxy groups -OCH3 is 1. The van der Waals surface area contributed by atoms with E-state index in [2.05, 4.69) is 9.47 Å². The molecule has 72 valence electrons. The predicted molar refractivity (Wildman–Crippen MR) is 37.8 cm³/mol. The quantitative estimate of drug-likeness (QED) is 0.292. The van der Waals surface area contributed by atoms with Crippen LogP contribution in [0.4, 0.5) is 0 Å². The maximum Gasteiger partial charge on any atom is 0.343 e. The number of hydrogen-bond donors (Lipinski definition) is 1. The molecule has 0 aliphatic carbocycles. The molecule has 1 aliphatic heterocycles. The molecular weight excluding hydrogens is 180 g/mol. The SMILES string of the molecule is COC(=O)C1OCC(O)C(=O)C1=O. The van der Waals surface area contributed by atoms with Crippen molar-refractivity contribution in [2.24, 2.45) is 0 Å². The van der Waals surface area contributed by atoms with Gasteiger partial charge in [-0.1, -0.05) is 0 Å². The summed E-state index contributed by atoms with van der Waals surface area (Å²) in [7, 11) is 1.08. The number of esters is 1. The van der Waals surface area contributed by atoms with E-state index >= 15 is 0 Å². The molecule has 0 aromatic rings. The molecule has 0 saturated carbocycles. The van der Waals surface area contributed by atoms with Gasteiger partial charge in [0.05, 0.1) is 13.7 Å². The molecule has 2 atom stereocenters. The van der Waals surface area contributed by atoms with E-state index in [4.69, 9.17) is 5.11 Å². The summed E-state index contributed by atoms with van der Waals surface area (Å²) < 4.78 is 8.86. The summed E-state index contributed by atoms with van der Waals surface area (Å²) in [5, 5.41) is 8.87. The van der Waals surface area contributed by atoms with Crippen molar-refractivity contribution in [1.29, 1.82) is 0 Å². The molecule has 0 radical (unpaired) electrons. The van der Waals surface area contributed by atoms with Crippen LogP contribution in [-0.4, -0.2) is 48.6 Å². The number of ether oxygens (including phenoxy) is 2. The Balaban J connectivity index is 2.75. The van der Waals surface area contributed by atoms with Gasteiger partial charge >= 0.3 is 5.97 Å². The zero-order chi connectivity index (χ0) is 10.0. The van der Waals surface area contributed by atoms with Gasteiger partial charge in [0.15, 0.2) is 0 Å². The summed E-state index contributed by atoms with van der Waals surface area (Å²) >= 11 is 0. The van der Waals surface area contributed by atoms with Gasteiger partial charge in [0.2, 0.25) is 17.7 Å². The van der Waals surface area contributed by atoms with Crippen molar-refractivity contribution in [2.45, 2.75) is 12.2 Å². The predicted octanol–water partition coefficient (Wildman–Crippen LogP) is -1.94. The van der Waals surface area contributed by atoms with Crippen LogP contribution >= 0.6 is 0 Å². The Bertz CT molecular complexity index is 258. The molecular formula is C7H8O6. The third-order valence-electron chi connectivity index (χ3n) is 1.62. The number of hydrogen-bond acceptors (Lipinski definition) is 6. The fourth-order valence-corrected chi connectivity index (χ4v) is 0.914. The van der Waals surface area contributed by atoms with Crippen molar-refractivity contribution in [3.8, 4) is 0 Å². The Kier molecular flexibility index (Phi) is 2.74. The Morgan fingerprint density at radius 1 is 1.54 bits per heavy atom. The average Bonchev–Trinajstić information content (AvgIpc) is 2.13. The maximum absolute atomic E-state index is 11.0. The summed E-state index contributed by atoms with van der Waals surface area (Å²) in [5.41, 5.74) is 0. The van der Waals surface area contributed by atoms with Gasteiger partial charge in [-0.2, -0.15) is 0 Å². The highest BCUT2D eigenvalue weighted by Gasteiger charge is 2.41. The van der Waals surface area contributed by atoms with Crippen molar-refractivity contribution in [3.05, 3.63) is 0 Å². The normalized spacial score (nSPS) is 28.8. The van der Waals surface area contributed by atoms with Crippen molar-refractivity contribution >= 4 is 17.5 Å².